The highest BCUT2D eigenvalue weighted by atomic mass is 19.3. The number of hydrogen-bond donors (Lipinski definition) is 2. The highest BCUT2D eigenvalue weighted by Crippen LogP contribution is 2.39. The smallest absolute Gasteiger partial charge is 0.267 e. The first-order valence-corrected chi connectivity index (χ1v) is 9.37. The Balaban J connectivity index is 1.67. The fourth-order valence-electron chi connectivity index (χ4n) is 3.05. The van der Waals surface area contributed by atoms with Crippen LogP contribution in [0.25, 0.3) is 11.4 Å². The number of benzene rings is 1. The molecule has 7 nitrogen and oxygen atoms in total. The Labute approximate surface area is 167 Å². The summed E-state index contributed by atoms with van der Waals surface area (Å²) in [6.45, 7) is 0.796. The largest absolute Gasteiger partial charge is 0.494 e. The molecule has 3 aromatic rings. The minimum Gasteiger partial charge on any atom is -0.494 e. The minimum atomic E-state index is -2.66. The van der Waals surface area contributed by atoms with Crippen LogP contribution in [-0.4, -0.2) is 33.4 Å². The van der Waals surface area contributed by atoms with Crippen molar-refractivity contribution in [2.24, 2.45) is 13.0 Å². The van der Waals surface area contributed by atoms with Crippen molar-refractivity contribution in [2.45, 2.75) is 19.3 Å². The summed E-state index contributed by atoms with van der Waals surface area (Å²) < 4.78 is 34.3. The fraction of sp³-hybridized carbons (Fsp3) is 0.350. The van der Waals surface area contributed by atoms with E-state index < -0.39 is 6.43 Å². The van der Waals surface area contributed by atoms with Crippen LogP contribution in [0.15, 0.2) is 36.8 Å². The molecule has 1 aliphatic rings. The summed E-state index contributed by atoms with van der Waals surface area (Å²) in [6.07, 6.45) is 2.52. The molecule has 4 rings (SSSR count). The van der Waals surface area contributed by atoms with E-state index >= 15 is 0 Å². The lowest BCUT2D eigenvalue weighted by atomic mass is 10.1. The molecule has 1 aromatic carbocycles. The zero-order valence-corrected chi connectivity index (χ0v) is 16.2. The van der Waals surface area contributed by atoms with Gasteiger partial charge in [0.05, 0.1) is 29.6 Å². The van der Waals surface area contributed by atoms with Gasteiger partial charge in [-0.2, -0.15) is 5.10 Å². The van der Waals surface area contributed by atoms with Crippen molar-refractivity contribution in [1.82, 2.24) is 19.7 Å². The minimum absolute atomic E-state index is 0.176. The number of nitrogens with one attached hydrogen (secondary N) is 2. The summed E-state index contributed by atoms with van der Waals surface area (Å²) in [5, 5.41) is 10.6. The Morgan fingerprint density at radius 2 is 2.07 bits per heavy atom. The molecular formula is C20H22F2N6O. The van der Waals surface area contributed by atoms with Gasteiger partial charge in [0.2, 0.25) is 0 Å². The van der Waals surface area contributed by atoms with Crippen LogP contribution in [0.5, 0.6) is 5.75 Å². The van der Waals surface area contributed by atoms with Crippen LogP contribution in [-0.2, 0) is 7.05 Å². The Kier molecular flexibility index (Phi) is 5.28. The van der Waals surface area contributed by atoms with E-state index in [2.05, 4.69) is 25.7 Å². The van der Waals surface area contributed by atoms with Crippen LogP contribution in [0.4, 0.5) is 26.0 Å². The second kappa shape index (κ2) is 8.02. The zero-order chi connectivity index (χ0) is 20.4. The molecule has 1 fully saturated rings. The number of para-hydroxylation sites is 1. The lowest BCUT2D eigenvalue weighted by Gasteiger charge is -2.17. The lowest BCUT2D eigenvalue weighted by Crippen LogP contribution is -2.07. The van der Waals surface area contributed by atoms with Crippen molar-refractivity contribution in [3.8, 4) is 17.1 Å². The molecule has 2 aromatic heterocycles. The molecule has 1 aliphatic carbocycles. The van der Waals surface area contributed by atoms with Gasteiger partial charge in [0.1, 0.15) is 12.1 Å². The molecule has 152 valence electrons. The number of rotatable bonds is 8. The molecule has 1 saturated carbocycles. The number of halogens is 2. The van der Waals surface area contributed by atoms with Crippen LogP contribution < -0.4 is 15.4 Å². The maximum atomic E-state index is 13.6. The topological polar surface area (TPSA) is 76.9 Å². The van der Waals surface area contributed by atoms with Gasteiger partial charge in [0.15, 0.2) is 11.6 Å². The Hall–Kier alpha value is -3.23. The van der Waals surface area contributed by atoms with E-state index in [0.29, 0.717) is 34.6 Å². The first-order chi connectivity index (χ1) is 14.0. The maximum Gasteiger partial charge on any atom is 0.267 e. The van der Waals surface area contributed by atoms with E-state index in [9.17, 15) is 8.78 Å². The van der Waals surface area contributed by atoms with Gasteiger partial charge in [-0.25, -0.2) is 18.7 Å². The molecule has 0 amide bonds. The monoisotopic (exact) mass is 400 g/mol. The predicted molar refractivity (Wildman–Crippen MR) is 107 cm³/mol. The molecule has 0 unspecified atom stereocenters. The molecule has 2 heterocycles. The van der Waals surface area contributed by atoms with Gasteiger partial charge >= 0.3 is 0 Å². The standard InChI is InChI=1S/C20H22F2N6O/c1-28-11-25-20(27-28)13-4-3-5-15(18(13)29-2)26-16-8-17(23-9-12-6-7-12)24-10-14(16)19(21)22/h3-5,8,10-12,19H,6-7,9H2,1-2H3,(H2,23,24,26). The summed E-state index contributed by atoms with van der Waals surface area (Å²) in [7, 11) is 3.29. The van der Waals surface area contributed by atoms with E-state index in [1.54, 1.807) is 36.3 Å². The van der Waals surface area contributed by atoms with Gasteiger partial charge in [0.25, 0.3) is 6.43 Å². The number of methoxy groups -OCH3 is 1. The van der Waals surface area contributed by atoms with E-state index in [1.165, 1.54) is 26.1 Å². The molecular weight excluding hydrogens is 378 g/mol. The quantitative estimate of drug-likeness (QED) is 0.584. The number of pyridine rings is 1. The van der Waals surface area contributed by atoms with Gasteiger partial charge in [-0.1, -0.05) is 6.07 Å². The number of aromatic nitrogens is 4. The van der Waals surface area contributed by atoms with Gasteiger partial charge in [-0.15, -0.1) is 0 Å². The average Bonchev–Trinajstić information content (AvgIpc) is 3.45. The van der Waals surface area contributed by atoms with Gasteiger partial charge in [0, 0.05) is 25.9 Å². The third-order valence-corrected chi connectivity index (χ3v) is 4.77. The SMILES string of the molecule is COc1c(Nc2cc(NCC3CC3)ncc2C(F)F)cccc1-c1ncn(C)n1. The van der Waals surface area contributed by atoms with E-state index in [-0.39, 0.29) is 11.3 Å². The van der Waals surface area contributed by atoms with Crippen LogP contribution in [0, 0.1) is 5.92 Å². The van der Waals surface area contributed by atoms with Crippen molar-refractivity contribution in [3.63, 3.8) is 0 Å². The third kappa shape index (κ3) is 4.28. The summed E-state index contributed by atoms with van der Waals surface area (Å²) in [6, 6.07) is 6.99. The Morgan fingerprint density at radius 3 is 2.72 bits per heavy atom. The number of alkyl halides is 2. The molecule has 2 N–H and O–H groups in total. The fourth-order valence-corrected chi connectivity index (χ4v) is 3.05. The molecule has 0 bridgehead atoms. The van der Waals surface area contributed by atoms with Crippen molar-refractivity contribution in [3.05, 3.63) is 42.4 Å². The van der Waals surface area contributed by atoms with E-state index in [1.807, 2.05) is 6.07 Å². The second-order valence-corrected chi connectivity index (χ2v) is 7.03. The van der Waals surface area contributed by atoms with Crippen LogP contribution in [0.3, 0.4) is 0 Å². The van der Waals surface area contributed by atoms with Crippen LogP contribution in [0.2, 0.25) is 0 Å². The maximum absolute atomic E-state index is 13.6. The molecule has 9 heteroatoms. The summed E-state index contributed by atoms with van der Waals surface area (Å²) in [4.78, 5) is 8.38. The van der Waals surface area contributed by atoms with Crippen molar-refractivity contribution in [2.75, 3.05) is 24.3 Å². The molecule has 0 saturated heterocycles. The van der Waals surface area contributed by atoms with Crippen LogP contribution in [0.1, 0.15) is 24.8 Å². The number of aryl methyl sites for hydroxylation is 1. The van der Waals surface area contributed by atoms with E-state index in [4.69, 9.17) is 4.74 Å². The van der Waals surface area contributed by atoms with Crippen molar-refractivity contribution in [1.29, 1.82) is 0 Å². The van der Waals surface area contributed by atoms with Crippen molar-refractivity contribution >= 4 is 17.2 Å². The summed E-state index contributed by atoms with van der Waals surface area (Å²) in [5.41, 5.74) is 1.31. The summed E-state index contributed by atoms with van der Waals surface area (Å²) in [5.74, 6) is 2.17. The van der Waals surface area contributed by atoms with E-state index in [0.717, 1.165) is 6.54 Å². The van der Waals surface area contributed by atoms with Gasteiger partial charge in [-0.05, 0) is 30.9 Å². The highest BCUT2D eigenvalue weighted by Gasteiger charge is 2.22. The Bertz CT molecular complexity index is 1000. The third-order valence-electron chi connectivity index (χ3n) is 4.77. The molecule has 0 atom stereocenters. The molecule has 0 spiro atoms. The summed E-state index contributed by atoms with van der Waals surface area (Å²) >= 11 is 0. The predicted octanol–water partition coefficient (Wildman–Crippen LogP) is 4.39. The normalized spacial score (nSPS) is 13.6. The zero-order valence-electron chi connectivity index (χ0n) is 16.2. The number of ether oxygens (including phenoxy) is 1. The first kappa shape index (κ1) is 19.1. The Morgan fingerprint density at radius 1 is 1.24 bits per heavy atom. The van der Waals surface area contributed by atoms with Crippen LogP contribution >= 0.6 is 0 Å². The first-order valence-electron chi connectivity index (χ1n) is 9.37. The number of hydrogen-bond acceptors (Lipinski definition) is 6. The average molecular weight is 400 g/mol. The second-order valence-electron chi connectivity index (χ2n) is 7.03. The number of nitrogens with zero attached hydrogens (tertiary/aromatic N) is 4. The highest BCUT2D eigenvalue weighted by molar-refractivity contribution is 5.79. The molecule has 0 radical (unpaired) electrons. The van der Waals surface area contributed by atoms with Crippen molar-refractivity contribution < 1.29 is 13.5 Å². The number of anilines is 3. The van der Waals surface area contributed by atoms with Gasteiger partial charge < -0.3 is 15.4 Å². The molecule has 0 aliphatic heterocycles. The molecule has 29 heavy (non-hydrogen) atoms. The lowest BCUT2D eigenvalue weighted by molar-refractivity contribution is 0.152. The van der Waals surface area contributed by atoms with Gasteiger partial charge in [-0.3, -0.25) is 4.68 Å².